The van der Waals surface area contributed by atoms with Crippen LogP contribution in [0.25, 0.3) is 0 Å². The molecule has 2 aromatic rings. The van der Waals surface area contributed by atoms with Gasteiger partial charge in [0.25, 0.3) is 5.89 Å². The highest BCUT2D eigenvalue weighted by Crippen LogP contribution is 2.29. The zero-order valence-electron chi connectivity index (χ0n) is 11.6. The second kappa shape index (κ2) is 7.40. The van der Waals surface area contributed by atoms with Gasteiger partial charge in [-0.3, -0.25) is 0 Å². The molecule has 2 rings (SSSR count). The average Bonchev–Trinajstić information content (AvgIpc) is 2.92. The lowest BCUT2D eigenvalue weighted by molar-refractivity contribution is 0.255. The molecule has 0 aliphatic heterocycles. The zero-order chi connectivity index (χ0) is 14.4. The number of hydrogen-bond acceptors (Lipinski definition) is 5. The van der Waals surface area contributed by atoms with E-state index in [9.17, 15) is 0 Å². The molecule has 5 nitrogen and oxygen atoms in total. The standard InChI is InChI=1S/C14H18BrN3O2/c1-3-12-17-18-13(20-12)9-19-14-10(8-16-4-2)6-5-7-11(14)15/h5-7,16H,3-4,8-9H2,1-2H3. The molecule has 20 heavy (non-hydrogen) atoms. The molecule has 0 radical (unpaired) electrons. The molecule has 0 atom stereocenters. The van der Waals surface area contributed by atoms with E-state index in [1.807, 2.05) is 25.1 Å². The van der Waals surface area contributed by atoms with Crippen LogP contribution in [-0.2, 0) is 19.6 Å². The Bertz CT molecular complexity index is 557. The minimum atomic E-state index is 0.273. The molecule has 1 aromatic carbocycles. The first kappa shape index (κ1) is 15.0. The van der Waals surface area contributed by atoms with Crippen molar-refractivity contribution in [2.45, 2.75) is 33.4 Å². The van der Waals surface area contributed by atoms with Crippen LogP contribution < -0.4 is 10.1 Å². The number of para-hydroxylation sites is 1. The van der Waals surface area contributed by atoms with Crippen molar-refractivity contribution in [1.29, 1.82) is 0 Å². The number of nitrogens with one attached hydrogen (secondary N) is 1. The van der Waals surface area contributed by atoms with E-state index < -0.39 is 0 Å². The van der Waals surface area contributed by atoms with Crippen LogP contribution in [-0.4, -0.2) is 16.7 Å². The van der Waals surface area contributed by atoms with Gasteiger partial charge in [-0.25, -0.2) is 0 Å². The third kappa shape index (κ3) is 3.80. The van der Waals surface area contributed by atoms with Crippen LogP contribution in [0.4, 0.5) is 0 Å². The normalized spacial score (nSPS) is 10.8. The van der Waals surface area contributed by atoms with Gasteiger partial charge in [0.15, 0.2) is 6.61 Å². The van der Waals surface area contributed by atoms with Gasteiger partial charge in [0.2, 0.25) is 5.89 Å². The molecule has 0 saturated heterocycles. The molecule has 0 fully saturated rings. The summed E-state index contributed by atoms with van der Waals surface area (Å²) in [5, 5.41) is 11.2. The zero-order valence-corrected chi connectivity index (χ0v) is 13.2. The Balaban J connectivity index is 2.07. The number of aromatic nitrogens is 2. The van der Waals surface area contributed by atoms with Gasteiger partial charge >= 0.3 is 0 Å². The lowest BCUT2D eigenvalue weighted by atomic mass is 10.2. The predicted molar refractivity (Wildman–Crippen MR) is 79.5 cm³/mol. The van der Waals surface area contributed by atoms with E-state index in [4.69, 9.17) is 9.15 Å². The Hall–Kier alpha value is -1.40. The fourth-order valence-electron chi connectivity index (χ4n) is 1.74. The van der Waals surface area contributed by atoms with Crippen molar-refractivity contribution in [3.8, 4) is 5.75 Å². The van der Waals surface area contributed by atoms with Crippen LogP contribution in [0.2, 0.25) is 0 Å². The van der Waals surface area contributed by atoms with E-state index in [1.165, 1.54) is 0 Å². The fourth-order valence-corrected chi connectivity index (χ4v) is 2.26. The maximum absolute atomic E-state index is 5.83. The van der Waals surface area contributed by atoms with Gasteiger partial charge in [-0.1, -0.05) is 26.0 Å². The lowest BCUT2D eigenvalue weighted by Crippen LogP contribution is -2.13. The van der Waals surface area contributed by atoms with Crippen LogP contribution in [0.15, 0.2) is 27.1 Å². The minimum absolute atomic E-state index is 0.273. The van der Waals surface area contributed by atoms with Crippen LogP contribution in [0.1, 0.15) is 31.2 Å². The Morgan fingerprint density at radius 2 is 2.05 bits per heavy atom. The highest BCUT2D eigenvalue weighted by molar-refractivity contribution is 9.10. The third-order valence-electron chi connectivity index (χ3n) is 2.77. The second-order valence-electron chi connectivity index (χ2n) is 4.24. The lowest BCUT2D eigenvalue weighted by Gasteiger charge is -2.12. The largest absolute Gasteiger partial charge is 0.482 e. The van der Waals surface area contributed by atoms with Gasteiger partial charge in [0.1, 0.15) is 5.75 Å². The number of halogens is 1. The summed E-state index contributed by atoms with van der Waals surface area (Å²) < 4.78 is 12.2. The molecular formula is C14H18BrN3O2. The summed E-state index contributed by atoms with van der Waals surface area (Å²) in [4.78, 5) is 0. The third-order valence-corrected chi connectivity index (χ3v) is 3.39. The summed E-state index contributed by atoms with van der Waals surface area (Å²) in [7, 11) is 0. The van der Waals surface area contributed by atoms with Gasteiger partial charge in [-0.15, -0.1) is 10.2 Å². The van der Waals surface area contributed by atoms with E-state index in [2.05, 4.69) is 38.4 Å². The molecule has 0 spiro atoms. The number of aryl methyl sites for hydroxylation is 1. The molecule has 1 aromatic heterocycles. The first-order chi connectivity index (χ1) is 9.74. The van der Waals surface area contributed by atoms with E-state index in [0.29, 0.717) is 11.8 Å². The molecule has 0 aliphatic rings. The Morgan fingerprint density at radius 3 is 2.75 bits per heavy atom. The molecule has 6 heteroatoms. The van der Waals surface area contributed by atoms with E-state index in [-0.39, 0.29) is 6.61 Å². The maximum atomic E-state index is 5.83. The number of ether oxygens (including phenoxy) is 1. The van der Waals surface area contributed by atoms with Gasteiger partial charge in [0, 0.05) is 18.5 Å². The van der Waals surface area contributed by atoms with E-state index >= 15 is 0 Å². The molecule has 0 saturated carbocycles. The summed E-state index contributed by atoms with van der Waals surface area (Å²) in [5.74, 6) is 1.93. The van der Waals surface area contributed by atoms with Crippen molar-refractivity contribution in [3.63, 3.8) is 0 Å². The summed E-state index contributed by atoms with van der Waals surface area (Å²) in [6, 6.07) is 5.98. The quantitative estimate of drug-likeness (QED) is 0.839. The first-order valence-corrected chi connectivity index (χ1v) is 7.46. The van der Waals surface area contributed by atoms with Gasteiger partial charge in [-0.05, 0) is 28.5 Å². The molecule has 0 aliphatic carbocycles. The van der Waals surface area contributed by atoms with Crippen molar-refractivity contribution >= 4 is 15.9 Å². The minimum Gasteiger partial charge on any atom is -0.482 e. The van der Waals surface area contributed by atoms with Crippen molar-refractivity contribution in [1.82, 2.24) is 15.5 Å². The van der Waals surface area contributed by atoms with Crippen molar-refractivity contribution in [3.05, 3.63) is 40.0 Å². The SMILES string of the molecule is CCNCc1cccc(Br)c1OCc1nnc(CC)o1. The van der Waals surface area contributed by atoms with Crippen LogP contribution in [0.3, 0.4) is 0 Å². The first-order valence-electron chi connectivity index (χ1n) is 6.66. The molecule has 1 N–H and O–H groups in total. The number of nitrogens with zero attached hydrogens (tertiary/aromatic N) is 2. The summed E-state index contributed by atoms with van der Waals surface area (Å²) >= 11 is 3.51. The van der Waals surface area contributed by atoms with Gasteiger partial charge in [0.05, 0.1) is 4.47 Å². The number of benzene rings is 1. The monoisotopic (exact) mass is 339 g/mol. The Labute approximate surface area is 126 Å². The molecule has 108 valence electrons. The molecule has 1 heterocycles. The second-order valence-corrected chi connectivity index (χ2v) is 5.09. The van der Waals surface area contributed by atoms with Crippen LogP contribution in [0, 0.1) is 0 Å². The predicted octanol–water partition coefficient (Wildman–Crippen LogP) is 3.08. The smallest absolute Gasteiger partial charge is 0.253 e. The van der Waals surface area contributed by atoms with E-state index in [1.54, 1.807) is 0 Å². The average molecular weight is 340 g/mol. The van der Waals surface area contributed by atoms with Crippen LogP contribution in [0.5, 0.6) is 5.75 Å². The fraction of sp³-hybridized carbons (Fsp3) is 0.429. The highest BCUT2D eigenvalue weighted by Gasteiger charge is 2.10. The summed E-state index contributed by atoms with van der Waals surface area (Å²) in [6.07, 6.45) is 0.730. The van der Waals surface area contributed by atoms with Crippen LogP contribution >= 0.6 is 15.9 Å². The Morgan fingerprint density at radius 1 is 1.25 bits per heavy atom. The van der Waals surface area contributed by atoms with Crippen molar-refractivity contribution in [2.24, 2.45) is 0 Å². The summed E-state index contributed by atoms with van der Waals surface area (Å²) in [5.41, 5.74) is 1.09. The molecule has 0 bridgehead atoms. The van der Waals surface area contributed by atoms with E-state index in [0.717, 1.165) is 35.3 Å². The summed E-state index contributed by atoms with van der Waals surface area (Å²) in [6.45, 7) is 5.99. The molecule has 0 unspecified atom stereocenters. The Kier molecular flexibility index (Phi) is 5.55. The van der Waals surface area contributed by atoms with Gasteiger partial charge < -0.3 is 14.5 Å². The molecular weight excluding hydrogens is 322 g/mol. The van der Waals surface area contributed by atoms with Gasteiger partial charge in [-0.2, -0.15) is 0 Å². The number of hydrogen-bond donors (Lipinski definition) is 1. The maximum Gasteiger partial charge on any atom is 0.253 e. The van der Waals surface area contributed by atoms with Crippen molar-refractivity contribution < 1.29 is 9.15 Å². The highest BCUT2D eigenvalue weighted by atomic mass is 79.9. The molecule has 0 amide bonds. The van der Waals surface area contributed by atoms with Crippen molar-refractivity contribution in [2.75, 3.05) is 6.54 Å². The topological polar surface area (TPSA) is 60.2 Å². The number of rotatable bonds is 7.